The van der Waals surface area contributed by atoms with Crippen LogP contribution in [-0.4, -0.2) is 52.9 Å². The lowest BCUT2D eigenvalue weighted by Crippen LogP contribution is -2.52. The fourth-order valence-corrected chi connectivity index (χ4v) is 3.84. The zero-order chi connectivity index (χ0) is 19.8. The number of pyridine rings is 1. The van der Waals surface area contributed by atoms with Crippen molar-refractivity contribution in [3.8, 4) is 0 Å². The highest BCUT2D eigenvalue weighted by atomic mass is 35.5. The number of nitrogens with one attached hydrogen (secondary N) is 2. The second-order valence-electron chi connectivity index (χ2n) is 7.02. The molecule has 0 saturated carbocycles. The molecule has 2 aliphatic rings. The van der Waals surface area contributed by atoms with Gasteiger partial charge in [0.25, 0.3) is 5.91 Å². The highest BCUT2D eigenvalue weighted by molar-refractivity contribution is 6.31. The number of hydrogen-bond donors (Lipinski definition) is 2. The van der Waals surface area contributed by atoms with Crippen LogP contribution in [0.1, 0.15) is 5.56 Å². The number of aromatic nitrogens is 2. The molecule has 1 saturated heterocycles. The van der Waals surface area contributed by atoms with Gasteiger partial charge in [0.15, 0.2) is 0 Å². The molecular formula is C21H19ClN6O. The first kappa shape index (κ1) is 17.8. The van der Waals surface area contributed by atoms with Gasteiger partial charge in [0.05, 0.1) is 5.02 Å². The molecule has 0 radical (unpaired) electrons. The Morgan fingerprint density at radius 3 is 2.62 bits per heavy atom. The first-order valence-electron chi connectivity index (χ1n) is 9.47. The first-order valence-corrected chi connectivity index (χ1v) is 9.84. The van der Waals surface area contributed by atoms with Crippen LogP contribution in [0, 0.1) is 0 Å². The molecule has 1 amide bonds. The summed E-state index contributed by atoms with van der Waals surface area (Å²) in [6.07, 6.45) is 5.16. The summed E-state index contributed by atoms with van der Waals surface area (Å²) in [5.74, 6) is 0.416. The number of rotatable bonds is 2. The molecule has 2 aromatic heterocycles. The van der Waals surface area contributed by atoms with Gasteiger partial charge in [-0.2, -0.15) is 0 Å². The number of carbonyl (C=O) groups is 1. The van der Waals surface area contributed by atoms with E-state index in [1.165, 1.54) is 5.69 Å². The van der Waals surface area contributed by atoms with E-state index in [0.29, 0.717) is 16.7 Å². The van der Waals surface area contributed by atoms with Gasteiger partial charge >= 0.3 is 0 Å². The summed E-state index contributed by atoms with van der Waals surface area (Å²) >= 11 is 6.06. The van der Waals surface area contributed by atoms with Gasteiger partial charge in [-0.15, -0.1) is 0 Å². The summed E-state index contributed by atoms with van der Waals surface area (Å²) in [4.78, 5) is 28.8. The number of fused-ring (bicyclic) bond motifs is 1. The number of benzene rings is 1. The Hall–Kier alpha value is -3.32. The number of guanidine groups is 1. The molecule has 8 heteroatoms. The van der Waals surface area contributed by atoms with E-state index < -0.39 is 0 Å². The number of anilines is 1. The summed E-state index contributed by atoms with van der Waals surface area (Å²) in [5, 5.41) is 4.31. The van der Waals surface area contributed by atoms with E-state index in [1.807, 2.05) is 24.3 Å². The van der Waals surface area contributed by atoms with Crippen molar-refractivity contribution in [1.82, 2.24) is 20.2 Å². The maximum atomic E-state index is 12.5. The summed E-state index contributed by atoms with van der Waals surface area (Å²) < 4.78 is 0. The minimum Gasteiger partial charge on any atom is -0.368 e. The number of piperazine rings is 1. The Labute approximate surface area is 172 Å². The Bertz CT molecular complexity index is 1130. The van der Waals surface area contributed by atoms with Gasteiger partial charge in [0.2, 0.25) is 5.96 Å². The molecule has 0 bridgehead atoms. The van der Waals surface area contributed by atoms with Crippen molar-refractivity contribution in [3.63, 3.8) is 0 Å². The number of halogens is 1. The molecule has 7 nitrogen and oxygen atoms in total. The largest absolute Gasteiger partial charge is 0.368 e. The predicted molar refractivity (Wildman–Crippen MR) is 115 cm³/mol. The number of hydrogen-bond acceptors (Lipinski definition) is 5. The van der Waals surface area contributed by atoms with Crippen molar-refractivity contribution >= 4 is 46.3 Å². The van der Waals surface area contributed by atoms with Crippen molar-refractivity contribution in [3.05, 3.63) is 65.1 Å². The standard InChI is InChI=1S/C21H19ClN6O/c22-15-11-17-14(12-23-19(17)24-13-15)10-18-20(29)26-21(25-18)28-8-6-27(7-9-28)16-4-2-1-3-5-16/h1-5,10-13H,6-9H2,(H,23,24)(H,25,26,29). The Kier molecular flexibility index (Phi) is 4.44. The third kappa shape index (κ3) is 3.45. The number of H-pyrrole nitrogens is 1. The molecule has 0 spiro atoms. The molecule has 5 rings (SSSR count). The molecule has 146 valence electrons. The van der Waals surface area contributed by atoms with Crippen molar-refractivity contribution < 1.29 is 4.79 Å². The second kappa shape index (κ2) is 7.25. The second-order valence-corrected chi connectivity index (χ2v) is 7.46. The van der Waals surface area contributed by atoms with Crippen molar-refractivity contribution in [2.24, 2.45) is 4.99 Å². The summed E-state index contributed by atoms with van der Waals surface area (Å²) in [7, 11) is 0. The van der Waals surface area contributed by atoms with Crippen LogP contribution in [0.25, 0.3) is 17.1 Å². The van der Waals surface area contributed by atoms with E-state index in [9.17, 15) is 4.79 Å². The van der Waals surface area contributed by atoms with Gasteiger partial charge in [-0.25, -0.2) is 9.98 Å². The average molecular weight is 407 g/mol. The lowest BCUT2D eigenvalue weighted by Gasteiger charge is -2.36. The van der Waals surface area contributed by atoms with E-state index in [4.69, 9.17) is 11.6 Å². The highest BCUT2D eigenvalue weighted by Crippen LogP contribution is 2.24. The van der Waals surface area contributed by atoms with E-state index in [1.54, 1.807) is 18.5 Å². The number of para-hydroxylation sites is 1. The van der Waals surface area contributed by atoms with E-state index in [0.717, 1.165) is 42.8 Å². The van der Waals surface area contributed by atoms with E-state index in [2.05, 4.69) is 42.2 Å². The van der Waals surface area contributed by atoms with Crippen LogP contribution in [0.2, 0.25) is 5.02 Å². The van der Waals surface area contributed by atoms with Gasteiger partial charge in [-0.05, 0) is 24.3 Å². The number of nitrogens with zero attached hydrogens (tertiary/aromatic N) is 4. The number of carbonyl (C=O) groups excluding carboxylic acids is 1. The molecule has 3 aromatic rings. The van der Waals surface area contributed by atoms with E-state index in [-0.39, 0.29) is 5.91 Å². The SMILES string of the molecule is O=C1NC(N2CCN(c3ccccc3)CC2)=NC1=Cc1c[nH]c2ncc(Cl)cc12. The number of aliphatic imine (C=N–C) groups is 1. The summed E-state index contributed by atoms with van der Waals surface area (Å²) in [5.41, 5.74) is 3.16. The number of aromatic amines is 1. The van der Waals surface area contributed by atoms with Crippen LogP contribution in [0.15, 0.2) is 59.5 Å². The quantitative estimate of drug-likeness (QED) is 0.641. The Balaban J connectivity index is 1.34. The highest BCUT2D eigenvalue weighted by Gasteiger charge is 2.27. The molecule has 1 aromatic carbocycles. The lowest BCUT2D eigenvalue weighted by molar-refractivity contribution is -0.115. The average Bonchev–Trinajstić information content (AvgIpc) is 3.32. The van der Waals surface area contributed by atoms with Crippen LogP contribution in [0.4, 0.5) is 5.69 Å². The first-order chi connectivity index (χ1) is 14.2. The minimum atomic E-state index is -0.199. The molecule has 0 aliphatic carbocycles. The molecule has 2 N–H and O–H groups in total. The zero-order valence-corrected chi connectivity index (χ0v) is 16.4. The third-order valence-electron chi connectivity index (χ3n) is 5.21. The molecule has 4 heterocycles. The van der Waals surface area contributed by atoms with Crippen molar-refractivity contribution in [2.45, 2.75) is 0 Å². The topological polar surface area (TPSA) is 76.6 Å². The Morgan fingerprint density at radius 1 is 1.07 bits per heavy atom. The van der Waals surface area contributed by atoms with Crippen molar-refractivity contribution in [2.75, 3.05) is 31.1 Å². The smallest absolute Gasteiger partial charge is 0.276 e. The molecule has 2 aliphatic heterocycles. The van der Waals surface area contributed by atoms with Crippen LogP contribution < -0.4 is 10.2 Å². The third-order valence-corrected chi connectivity index (χ3v) is 5.41. The zero-order valence-electron chi connectivity index (χ0n) is 15.6. The molecule has 0 unspecified atom stereocenters. The van der Waals surface area contributed by atoms with Gasteiger partial charge < -0.3 is 14.8 Å². The fraction of sp³-hybridized carbons (Fsp3) is 0.190. The molecule has 0 atom stereocenters. The van der Waals surface area contributed by atoms with Gasteiger partial charge in [-0.3, -0.25) is 10.1 Å². The molecular weight excluding hydrogens is 388 g/mol. The van der Waals surface area contributed by atoms with Crippen molar-refractivity contribution in [1.29, 1.82) is 0 Å². The maximum Gasteiger partial charge on any atom is 0.276 e. The van der Waals surface area contributed by atoms with Crippen LogP contribution in [0.3, 0.4) is 0 Å². The lowest BCUT2D eigenvalue weighted by atomic mass is 10.2. The molecule has 29 heavy (non-hydrogen) atoms. The minimum absolute atomic E-state index is 0.199. The monoisotopic (exact) mass is 406 g/mol. The van der Waals surface area contributed by atoms with Gasteiger partial charge in [-0.1, -0.05) is 29.8 Å². The van der Waals surface area contributed by atoms with Crippen LogP contribution >= 0.6 is 11.6 Å². The fourth-order valence-electron chi connectivity index (χ4n) is 3.69. The number of amides is 1. The molecule has 1 fully saturated rings. The predicted octanol–water partition coefficient (Wildman–Crippen LogP) is 2.87. The normalized spacial score (nSPS) is 18.4. The van der Waals surface area contributed by atoms with Gasteiger partial charge in [0.1, 0.15) is 11.3 Å². The summed E-state index contributed by atoms with van der Waals surface area (Å²) in [6.45, 7) is 3.36. The Morgan fingerprint density at radius 2 is 1.83 bits per heavy atom. The summed E-state index contributed by atoms with van der Waals surface area (Å²) in [6, 6.07) is 12.2. The maximum absolute atomic E-state index is 12.5. The van der Waals surface area contributed by atoms with Gasteiger partial charge in [0, 0.05) is 55.2 Å². The van der Waals surface area contributed by atoms with Crippen LogP contribution in [0.5, 0.6) is 0 Å². The van der Waals surface area contributed by atoms with E-state index >= 15 is 0 Å². The van der Waals surface area contributed by atoms with Crippen LogP contribution in [-0.2, 0) is 4.79 Å².